The first kappa shape index (κ1) is 24.2. The summed E-state index contributed by atoms with van der Waals surface area (Å²) in [5.41, 5.74) is 3.86. The normalized spacial score (nSPS) is 11.7. The van der Waals surface area contributed by atoms with Crippen molar-refractivity contribution in [2.24, 2.45) is 0 Å². The number of nitrogens with one attached hydrogen (secondary N) is 2. The highest BCUT2D eigenvalue weighted by molar-refractivity contribution is 7.14. The summed E-state index contributed by atoms with van der Waals surface area (Å²) < 4.78 is 0. The first-order chi connectivity index (χ1) is 16.9. The van der Waals surface area contributed by atoms with E-state index in [2.05, 4.69) is 25.8 Å². The minimum absolute atomic E-state index is 0.0514. The summed E-state index contributed by atoms with van der Waals surface area (Å²) >= 11 is 1.44. The number of hydrogen-bond acceptors (Lipinski definition) is 9. The van der Waals surface area contributed by atoms with Crippen LogP contribution in [0.3, 0.4) is 0 Å². The molecule has 0 aliphatic carbocycles. The number of benzene rings is 2. The zero-order valence-corrected chi connectivity index (χ0v) is 20.8. The smallest absolute Gasteiger partial charge is 0.253 e. The van der Waals surface area contributed by atoms with E-state index in [1.54, 1.807) is 31.3 Å². The predicted molar refractivity (Wildman–Crippen MR) is 138 cm³/mol. The number of anilines is 3. The van der Waals surface area contributed by atoms with Crippen LogP contribution >= 0.6 is 11.3 Å². The Labute approximate surface area is 207 Å². The lowest BCUT2D eigenvalue weighted by atomic mass is 10.1. The average molecular weight is 490 g/mol. The van der Waals surface area contributed by atoms with Crippen LogP contribution in [-0.2, 0) is 0 Å². The van der Waals surface area contributed by atoms with E-state index in [0.717, 1.165) is 21.8 Å². The van der Waals surface area contributed by atoms with Crippen LogP contribution in [0.1, 0.15) is 32.5 Å². The monoisotopic (exact) mass is 489 g/mol. The lowest BCUT2D eigenvalue weighted by Crippen LogP contribution is -2.22. The Morgan fingerprint density at radius 1 is 1.11 bits per heavy atom. The molecular formula is C25H27N7O2S. The zero-order chi connectivity index (χ0) is 24.9. The Morgan fingerprint density at radius 2 is 1.89 bits per heavy atom. The molecule has 10 heteroatoms. The molecule has 1 amide bonds. The second-order valence-corrected chi connectivity index (χ2v) is 9.41. The van der Waals surface area contributed by atoms with Crippen molar-refractivity contribution in [1.82, 2.24) is 25.1 Å². The van der Waals surface area contributed by atoms with Crippen molar-refractivity contribution in [2.45, 2.75) is 19.9 Å². The van der Waals surface area contributed by atoms with Crippen molar-refractivity contribution in [3.05, 3.63) is 76.4 Å². The fraction of sp³-hybridized carbons (Fsp3) is 0.240. The predicted octanol–water partition coefficient (Wildman–Crippen LogP) is 4.20. The molecule has 0 radical (unpaired) electrons. The largest absolute Gasteiger partial charge is 0.394 e. The van der Waals surface area contributed by atoms with Crippen LogP contribution in [0.5, 0.6) is 0 Å². The van der Waals surface area contributed by atoms with Crippen molar-refractivity contribution in [3.8, 4) is 10.6 Å². The van der Waals surface area contributed by atoms with Gasteiger partial charge in [0.25, 0.3) is 5.91 Å². The first-order valence-electron chi connectivity index (χ1n) is 11.0. The Morgan fingerprint density at radius 3 is 2.51 bits per heavy atom. The number of carbonyl (C=O) groups excluding carboxylic acids is 1. The lowest BCUT2D eigenvalue weighted by molar-refractivity contribution is 0.0827. The van der Waals surface area contributed by atoms with Gasteiger partial charge in [0.15, 0.2) is 5.01 Å². The summed E-state index contributed by atoms with van der Waals surface area (Å²) in [5.74, 6) is 0.843. The Kier molecular flexibility index (Phi) is 7.33. The zero-order valence-electron chi connectivity index (χ0n) is 20.0. The molecule has 9 nitrogen and oxygen atoms in total. The summed E-state index contributed by atoms with van der Waals surface area (Å²) in [5, 5.41) is 26.5. The maximum atomic E-state index is 12.3. The van der Waals surface area contributed by atoms with Gasteiger partial charge in [-0.1, -0.05) is 41.7 Å². The number of carbonyl (C=O) groups is 1. The van der Waals surface area contributed by atoms with E-state index >= 15 is 0 Å². The van der Waals surface area contributed by atoms with Gasteiger partial charge in [-0.15, -0.1) is 10.2 Å². The van der Waals surface area contributed by atoms with Crippen LogP contribution in [0.15, 0.2) is 54.7 Å². The summed E-state index contributed by atoms with van der Waals surface area (Å²) in [6.07, 6.45) is 1.69. The molecule has 35 heavy (non-hydrogen) atoms. The molecule has 4 rings (SSSR count). The van der Waals surface area contributed by atoms with Gasteiger partial charge in [-0.2, -0.15) is 4.98 Å². The van der Waals surface area contributed by atoms with E-state index in [-0.39, 0.29) is 18.6 Å². The van der Waals surface area contributed by atoms with Crippen LogP contribution in [0, 0.1) is 13.8 Å². The molecule has 180 valence electrons. The number of amides is 1. The van der Waals surface area contributed by atoms with E-state index < -0.39 is 0 Å². The first-order valence-corrected chi connectivity index (χ1v) is 11.9. The molecular weight excluding hydrogens is 462 g/mol. The van der Waals surface area contributed by atoms with E-state index in [4.69, 9.17) is 4.98 Å². The third kappa shape index (κ3) is 5.61. The molecule has 4 aromatic rings. The number of hydrogen-bond donors (Lipinski definition) is 3. The molecule has 0 saturated heterocycles. The Balaban J connectivity index is 1.66. The standard InChI is InChI=1S/C25H27N7O2S/c1-15-12-18(10-11-19(15)24(34)32(3)4)27-25-26-13-20(23-31-30-16(2)35-23)22(29-25)28-21(14-33)17-8-6-5-7-9-17/h5-13,21,33H,14H2,1-4H3,(H2,26,27,28,29)/t21-/m1/s1. The van der Waals surface area contributed by atoms with Gasteiger partial charge >= 0.3 is 0 Å². The number of aryl methyl sites for hydroxylation is 2. The minimum Gasteiger partial charge on any atom is -0.394 e. The molecule has 0 saturated carbocycles. The molecule has 1 atom stereocenters. The van der Waals surface area contributed by atoms with Crippen LogP contribution in [0.4, 0.5) is 17.5 Å². The molecule has 0 aliphatic rings. The quantitative estimate of drug-likeness (QED) is 0.337. The Bertz CT molecular complexity index is 1320. The highest BCUT2D eigenvalue weighted by Crippen LogP contribution is 2.32. The second kappa shape index (κ2) is 10.6. The summed E-state index contributed by atoms with van der Waals surface area (Å²) in [6.45, 7) is 3.66. The van der Waals surface area contributed by atoms with E-state index in [9.17, 15) is 9.90 Å². The molecule has 2 heterocycles. The molecule has 0 fully saturated rings. The van der Waals surface area contributed by atoms with Gasteiger partial charge in [0.1, 0.15) is 10.8 Å². The van der Waals surface area contributed by atoms with Crippen molar-refractivity contribution in [1.29, 1.82) is 0 Å². The molecule has 0 spiro atoms. The number of nitrogens with zero attached hydrogens (tertiary/aromatic N) is 5. The third-order valence-corrected chi connectivity index (χ3v) is 6.23. The molecule has 2 aromatic heterocycles. The summed E-state index contributed by atoms with van der Waals surface area (Å²) in [6, 6.07) is 14.8. The average Bonchev–Trinajstić information content (AvgIpc) is 3.28. The van der Waals surface area contributed by atoms with Crippen LogP contribution in [0.25, 0.3) is 10.6 Å². The van der Waals surface area contributed by atoms with Crippen molar-refractivity contribution in [2.75, 3.05) is 31.3 Å². The number of aromatic nitrogens is 4. The highest BCUT2D eigenvalue weighted by atomic mass is 32.1. The minimum atomic E-state index is -0.370. The number of aliphatic hydroxyl groups excluding tert-OH is 1. The van der Waals surface area contributed by atoms with Crippen LogP contribution in [0.2, 0.25) is 0 Å². The lowest BCUT2D eigenvalue weighted by Gasteiger charge is -2.19. The van der Waals surface area contributed by atoms with E-state index in [1.165, 1.54) is 11.3 Å². The van der Waals surface area contributed by atoms with Gasteiger partial charge in [0, 0.05) is 31.5 Å². The molecule has 0 bridgehead atoms. The fourth-order valence-electron chi connectivity index (χ4n) is 3.55. The highest BCUT2D eigenvalue weighted by Gasteiger charge is 2.18. The van der Waals surface area contributed by atoms with Crippen molar-refractivity contribution < 1.29 is 9.90 Å². The number of aliphatic hydroxyl groups is 1. The third-order valence-electron chi connectivity index (χ3n) is 5.36. The van der Waals surface area contributed by atoms with Crippen LogP contribution in [-0.4, -0.2) is 56.8 Å². The van der Waals surface area contributed by atoms with Crippen molar-refractivity contribution >= 4 is 34.7 Å². The molecule has 0 unspecified atom stereocenters. The van der Waals surface area contributed by atoms with Gasteiger partial charge in [0.05, 0.1) is 18.2 Å². The molecule has 2 aromatic carbocycles. The SMILES string of the molecule is Cc1nnc(-c2cnc(Nc3ccc(C(=O)N(C)C)c(C)c3)nc2N[C@H](CO)c2ccccc2)s1. The molecule has 3 N–H and O–H groups in total. The fourth-order valence-corrected chi connectivity index (χ4v) is 4.25. The van der Waals surface area contributed by atoms with Gasteiger partial charge in [-0.05, 0) is 43.2 Å². The van der Waals surface area contributed by atoms with E-state index in [0.29, 0.717) is 27.9 Å². The van der Waals surface area contributed by atoms with Crippen molar-refractivity contribution in [3.63, 3.8) is 0 Å². The van der Waals surface area contributed by atoms with Gasteiger partial charge in [-0.25, -0.2) is 4.98 Å². The second-order valence-electron chi connectivity index (χ2n) is 8.23. The maximum Gasteiger partial charge on any atom is 0.253 e. The molecule has 0 aliphatic heterocycles. The number of rotatable bonds is 8. The topological polar surface area (TPSA) is 116 Å². The van der Waals surface area contributed by atoms with E-state index in [1.807, 2.05) is 56.3 Å². The van der Waals surface area contributed by atoms with Crippen LogP contribution < -0.4 is 10.6 Å². The van der Waals surface area contributed by atoms with Gasteiger partial charge in [0.2, 0.25) is 5.95 Å². The summed E-state index contributed by atoms with van der Waals surface area (Å²) in [7, 11) is 3.46. The maximum absolute atomic E-state index is 12.3. The Hall–Kier alpha value is -3.89. The van der Waals surface area contributed by atoms with Gasteiger partial charge in [-0.3, -0.25) is 4.79 Å². The van der Waals surface area contributed by atoms with Gasteiger partial charge < -0.3 is 20.6 Å². The summed E-state index contributed by atoms with van der Waals surface area (Å²) in [4.78, 5) is 23.1.